The summed E-state index contributed by atoms with van der Waals surface area (Å²) in [5, 5.41) is 3.57. The normalized spacial score (nSPS) is 10.6. The van der Waals surface area contributed by atoms with Crippen LogP contribution in [-0.2, 0) is 5.75 Å². The first kappa shape index (κ1) is 19.1. The van der Waals surface area contributed by atoms with Gasteiger partial charge in [-0.1, -0.05) is 59.3 Å². The number of benzene rings is 2. The Balaban J connectivity index is 1.73. The van der Waals surface area contributed by atoms with Crippen molar-refractivity contribution >= 4 is 57.5 Å². The Morgan fingerprint density at radius 3 is 2.81 bits per heavy atom. The maximum Gasteiger partial charge on any atom is 0.275 e. The molecule has 0 saturated heterocycles. The van der Waals surface area contributed by atoms with Crippen LogP contribution in [0.25, 0.3) is 0 Å². The predicted molar refractivity (Wildman–Crippen MR) is 115 cm³/mol. The lowest BCUT2D eigenvalue weighted by molar-refractivity contribution is 0.102. The number of aromatic nitrogens is 2. The maximum atomic E-state index is 12.5. The fourth-order valence-electron chi connectivity index (χ4n) is 2.29. The number of hydrogen-bond donors (Lipinski definition) is 1. The number of nitrogens with zero attached hydrogens (tertiary/aromatic N) is 2. The molecule has 26 heavy (non-hydrogen) atoms. The van der Waals surface area contributed by atoms with Crippen LogP contribution in [0, 0.1) is 10.5 Å². The Morgan fingerprint density at radius 2 is 2.04 bits per heavy atom. The van der Waals surface area contributed by atoms with Crippen LogP contribution < -0.4 is 5.32 Å². The third-order valence-corrected chi connectivity index (χ3v) is 5.35. The molecule has 0 aliphatic rings. The van der Waals surface area contributed by atoms with Crippen LogP contribution in [0.15, 0.2) is 59.9 Å². The van der Waals surface area contributed by atoms with Crippen LogP contribution in [0.4, 0.5) is 5.69 Å². The topological polar surface area (TPSA) is 54.9 Å². The van der Waals surface area contributed by atoms with Crippen LogP contribution in [0.5, 0.6) is 0 Å². The number of rotatable bonds is 5. The van der Waals surface area contributed by atoms with E-state index in [9.17, 15) is 4.79 Å². The number of hydrogen-bond acceptors (Lipinski definition) is 4. The van der Waals surface area contributed by atoms with E-state index in [2.05, 4.69) is 63.0 Å². The number of amides is 1. The highest BCUT2D eigenvalue weighted by Gasteiger charge is 2.15. The molecule has 2 aromatic carbocycles. The van der Waals surface area contributed by atoms with Crippen molar-refractivity contribution in [2.75, 3.05) is 5.32 Å². The second-order valence-corrected chi connectivity index (χ2v) is 8.19. The Hall–Kier alpha value is -1.64. The first-order chi connectivity index (χ1) is 12.5. The zero-order valence-electron chi connectivity index (χ0n) is 13.9. The van der Waals surface area contributed by atoms with Crippen molar-refractivity contribution < 1.29 is 4.79 Å². The third-order valence-electron chi connectivity index (χ3n) is 3.47. The van der Waals surface area contributed by atoms with Crippen LogP contribution in [-0.4, -0.2) is 15.9 Å². The molecule has 0 atom stereocenters. The van der Waals surface area contributed by atoms with Gasteiger partial charge in [0.1, 0.15) is 0 Å². The molecule has 0 spiro atoms. The minimum Gasteiger partial charge on any atom is -0.321 e. The summed E-state index contributed by atoms with van der Waals surface area (Å²) in [7, 11) is 0. The van der Waals surface area contributed by atoms with E-state index in [0.29, 0.717) is 10.8 Å². The summed E-state index contributed by atoms with van der Waals surface area (Å²) in [6, 6.07) is 15.8. The summed E-state index contributed by atoms with van der Waals surface area (Å²) < 4.78 is 1.03. The summed E-state index contributed by atoms with van der Waals surface area (Å²) >= 11 is 9.79. The number of aryl methyl sites for hydroxylation is 1. The molecule has 1 N–H and O–H groups in total. The van der Waals surface area contributed by atoms with Crippen LogP contribution >= 0.6 is 46.0 Å². The largest absolute Gasteiger partial charge is 0.321 e. The molecule has 0 aliphatic heterocycles. The fourth-order valence-corrected chi connectivity index (χ4v) is 3.76. The van der Waals surface area contributed by atoms with E-state index < -0.39 is 0 Å². The van der Waals surface area contributed by atoms with Gasteiger partial charge in [0.05, 0.1) is 11.2 Å². The molecule has 1 amide bonds. The Bertz CT molecular complexity index is 952. The molecule has 0 aliphatic carbocycles. The number of halogens is 2. The first-order valence-corrected chi connectivity index (χ1v) is 10.2. The highest BCUT2D eigenvalue weighted by Crippen LogP contribution is 2.23. The van der Waals surface area contributed by atoms with Gasteiger partial charge in [0.15, 0.2) is 10.9 Å². The Labute approximate surface area is 174 Å². The third kappa shape index (κ3) is 5.18. The minimum atomic E-state index is -0.350. The van der Waals surface area contributed by atoms with Crippen LogP contribution in [0.2, 0.25) is 5.02 Å². The van der Waals surface area contributed by atoms with Gasteiger partial charge in [-0.05, 0) is 53.3 Å². The van der Waals surface area contributed by atoms with E-state index in [0.717, 1.165) is 9.32 Å². The van der Waals surface area contributed by atoms with Gasteiger partial charge in [-0.3, -0.25) is 4.79 Å². The van der Waals surface area contributed by atoms with E-state index in [1.165, 1.54) is 29.1 Å². The fraction of sp³-hybridized carbons (Fsp3) is 0.105. The van der Waals surface area contributed by atoms with E-state index in [1.54, 1.807) is 0 Å². The molecule has 132 valence electrons. The number of thioether (sulfide) groups is 1. The van der Waals surface area contributed by atoms with Crippen molar-refractivity contribution in [2.45, 2.75) is 17.8 Å². The van der Waals surface area contributed by atoms with Gasteiger partial charge in [-0.2, -0.15) is 0 Å². The SMILES string of the molecule is Cc1cccc(CSc2ncc(Cl)c(C(=O)Nc3cccc(I)c3)n2)c1. The summed E-state index contributed by atoms with van der Waals surface area (Å²) in [6.45, 7) is 2.06. The molecule has 4 nitrogen and oxygen atoms in total. The molecule has 0 fully saturated rings. The summed E-state index contributed by atoms with van der Waals surface area (Å²) in [6.07, 6.45) is 1.47. The van der Waals surface area contributed by atoms with Crippen molar-refractivity contribution in [2.24, 2.45) is 0 Å². The van der Waals surface area contributed by atoms with E-state index in [-0.39, 0.29) is 16.6 Å². The monoisotopic (exact) mass is 495 g/mol. The average Bonchev–Trinajstić information content (AvgIpc) is 2.61. The Kier molecular flexibility index (Phi) is 6.50. The number of carbonyl (C=O) groups is 1. The van der Waals surface area contributed by atoms with E-state index in [1.807, 2.05) is 30.3 Å². The van der Waals surface area contributed by atoms with Crippen molar-refractivity contribution in [1.82, 2.24) is 9.97 Å². The second kappa shape index (κ2) is 8.83. The van der Waals surface area contributed by atoms with Crippen molar-refractivity contribution in [3.8, 4) is 0 Å². The maximum absolute atomic E-state index is 12.5. The highest BCUT2D eigenvalue weighted by molar-refractivity contribution is 14.1. The molecule has 1 aromatic heterocycles. The second-order valence-electron chi connectivity index (χ2n) is 5.59. The van der Waals surface area contributed by atoms with Gasteiger partial charge in [0.2, 0.25) is 0 Å². The molecule has 3 aromatic rings. The van der Waals surface area contributed by atoms with E-state index in [4.69, 9.17) is 11.6 Å². The summed E-state index contributed by atoms with van der Waals surface area (Å²) in [4.78, 5) is 21.1. The van der Waals surface area contributed by atoms with Crippen molar-refractivity contribution in [3.05, 3.63) is 80.1 Å². The van der Waals surface area contributed by atoms with Gasteiger partial charge < -0.3 is 5.32 Å². The molecule has 0 unspecified atom stereocenters. The van der Waals surface area contributed by atoms with Gasteiger partial charge in [0.25, 0.3) is 5.91 Å². The van der Waals surface area contributed by atoms with Crippen LogP contribution in [0.3, 0.4) is 0 Å². The molecular formula is C19H15ClIN3OS. The van der Waals surface area contributed by atoms with Gasteiger partial charge in [0, 0.05) is 15.0 Å². The Morgan fingerprint density at radius 1 is 1.23 bits per heavy atom. The lowest BCUT2D eigenvalue weighted by Crippen LogP contribution is -2.15. The molecule has 0 bridgehead atoms. The number of anilines is 1. The quantitative estimate of drug-likeness (QED) is 0.285. The molecule has 3 rings (SSSR count). The number of carbonyl (C=O) groups excluding carboxylic acids is 1. The highest BCUT2D eigenvalue weighted by atomic mass is 127. The van der Waals surface area contributed by atoms with Gasteiger partial charge >= 0.3 is 0 Å². The van der Waals surface area contributed by atoms with Crippen molar-refractivity contribution in [1.29, 1.82) is 0 Å². The standard InChI is InChI=1S/C19H15ClIN3OS/c1-12-4-2-5-13(8-12)11-26-19-22-10-16(20)17(24-19)18(25)23-15-7-3-6-14(21)9-15/h2-10H,11H2,1H3,(H,23,25). The average molecular weight is 496 g/mol. The minimum absolute atomic E-state index is 0.173. The first-order valence-electron chi connectivity index (χ1n) is 7.79. The molecule has 1 heterocycles. The van der Waals surface area contributed by atoms with Crippen LogP contribution in [0.1, 0.15) is 21.6 Å². The summed E-state index contributed by atoms with van der Waals surface area (Å²) in [5.41, 5.74) is 3.26. The lowest BCUT2D eigenvalue weighted by Gasteiger charge is -2.08. The molecular weight excluding hydrogens is 481 g/mol. The van der Waals surface area contributed by atoms with Crippen molar-refractivity contribution in [3.63, 3.8) is 0 Å². The van der Waals surface area contributed by atoms with Gasteiger partial charge in [-0.25, -0.2) is 9.97 Å². The smallest absolute Gasteiger partial charge is 0.275 e. The van der Waals surface area contributed by atoms with E-state index >= 15 is 0 Å². The number of nitrogens with one attached hydrogen (secondary N) is 1. The molecule has 7 heteroatoms. The van der Waals surface area contributed by atoms with Gasteiger partial charge in [-0.15, -0.1) is 0 Å². The molecule has 0 radical (unpaired) electrons. The zero-order chi connectivity index (χ0) is 18.5. The zero-order valence-corrected chi connectivity index (χ0v) is 17.6. The predicted octanol–water partition coefficient (Wildman–Crippen LogP) is 5.59. The molecule has 0 saturated carbocycles. The lowest BCUT2D eigenvalue weighted by atomic mass is 10.2. The summed E-state index contributed by atoms with van der Waals surface area (Å²) in [5.74, 6) is 0.373.